The highest BCUT2D eigenvalue weighted by molar-refractivity contribution is 5.83. The lowest BCUT2D eigenvalue weighted by atomic mass is 9.90. The van der Waals surface area contributed by atoms with Crippen LogP contribution in [0.15, 0.2) is 15.7 Å². The van der Waals surface area contributed by atoms with Gasteiger partial charge in [0.25, 0.3) is 5.69 Å². The van der Waals surface area contributed by atoms with E-state index in [0.717, 1.165) is 31.4 Å². The van der Waals surface area contributed by atoms with Crippen molar-refractivity contribution in [3.8, 4) is 0 Å². The summed E-state index contributed by atoms with van der Waals surface area (Å²) in [6, 6.07) is 1.29. The number of rotatable bonds is 2. The Hall–Kier alpha value is -2.48. The third kappa shape index (κ3) is 2.55. The van der Waals surface area contributed by atoms with E-state index in [2.05, 4.69) is 14.9 Å². The fraction of sp³-hybridized carbons (Fsp3) is 0.467. The van der Waals surface area contributed by atoms with E-state index in [1.54, 1.807) is 6.92 Å². The minimum Gasteiger partial charge on any atom is -0.316 e. The van der Waals surface area contributed by atoms with Gasteiger partial charge in [-0.2, -0.15) is 0 Å². The SMILES string of the molecule is Cc1c([N+](=O)[O-])cc2[nH]c(=O)c(=O)[nH]c2c1C1CCCCN1C. The molecule has 23 heavy (non-hydrogen) atoms. The van der Waals surface area contributed by atoms with E-state index in [1.165, 1.54) is 6.07 Å². The molecule has 0 radical (unpaired) electrons. The van der Waals surface area contributed by atoms with E-state index in [1.807, 2.05) is 7.05 Å². The number of H-pyrrole nitrogens is 2. The van der Waals surface area contributed by atoms with Crippen LogP contribution < -0.4 is 11.1 Å². The third-order valence-corrected chi connectivity index (χ3v) is 4.60. The first kappa shape index (κ1) is 15.4. The van der Waals surface area contributed by atoms with Gasteiger partial charge in [-0.25, -0.2) is 0 Å². The molecule has 1 aromatic carbocycles. The third-order valence-electron chi connectivity index (χ3n) is 4.60. The van der Waals surface area contributed by atoms with E-state index >= 15 is 0 Å². The largest absolute Gasteiger partial charge is 0.316 e. The predicted molar refractivity (Wildman–Crippen MR) is 85.8 cm³/mol. The lowest BCUT2D eigenvalue weighted by molar-refractivity contribution is -0.385. The Morgan fingerprint density at radius 2 is 1.96 bits per heavy atom. The van der Waals surface area contributed by atoms with Gasteiger partial charge in [0, 0.05) is 23.2 Å². The fourth-order valence-corrected chi connectivity index (χ4v) is 3.42. The monoisotopic (exact) mass is 318 g/mol. The van der Waals surface area contributed by atoms with Crippen LogP contribution >= 0.6 is 0 Å². The molecule has 0 aliphatic carbocycles. The van der Waals surface area contributed by atoms with Gasteiger partial charge in [0.1, 0.15) is 0 Å². The highest BCUT2D eigenvalue weighted by atomic mass is 16.6. The van der Waals surface area contributed by atoms with Crippen molar-refractivity contribution in [3.63, 3.8) is 0 Å². The molecule has 1 aliphatic rings. The van der Waals surface area contributed by atoms with Gasteiger partial charge in [-0.15, -0.1) is 0 Å². The Morgan fingerprint density at radius 1 is 1.26 bits per heavy atom. The topological polar surface area (TPSA) is 112 Å². The minimum atomic E-state index is -0.807. The van der Waals surface area contributed by atoms with Crippen LogP contribution in [0.25, 0.3) is 11.0 Å². The summed E-state index contributed by atoms with van der Waals surface area (Å²) in [5, 5.41) is 11.4. The molecule has 1 aliphatic heterocycles. The molecule has 0 saturated carbocycles. The van der Waals surface area contributed by atoms with E-state index < -0.39 is 16.0 Å². The number of aromatic amines is 2. The molecule has 1 aromatic heterocycles. The number of likely N-dealkylation sites (tertiary alicyclic amines) is 1. The maximum atomic E-state index is 11.7. The molecule has 2 heterocycles. The zero-order valence-corrected chi connectivity index (χ0v) is 13.0. The van der Waals surface area contributed by atoms with Gasteiger partial charge in [0.15, 0.2) is 0 Å². The molecular formula is C15H18N4O4. The number of aromatic nitrogens is 2. The molecule has 3 rings (SSSR count). The molecule has 0 spiro atoms. The van der Waals surface area contributed by atoms with E-state index in [4.69, 9.17) is 0 Å². The second kappa shape index (κ2) is 5.62. The standard InChI is InChI=1S/C15H18N4O4/c1-8-11(19(22)23)7-9-13(17-15(21)14(20)16-9)12(8)10-5-3-4-6-18(10)2/h7,10H,3-6H2,1-2H3,(H,16,20)(H,17,21). The van der Waals surface area contributed by atoms with Crippen molar-refractivity contribution < 1.29 is 4.92 Å². The van der Waals surface area contributed by atoms with Gasteiger partial charge in [0.05, 0.1) is 16.0 Å². The van der Waals surface area contributed by atoms with Crippen LogP contribution in [-0.2, 0) is 0 Å². The first-order valence-electron chi connectivity index (χ1n) is 7.54. The first-order valence-corrected chi connectivity index (χ1v) is 7.54. The Morgan fingerprint density at radius 3 is 2.61 bits per heavy atom. The number of benzene rings is 1. The average Bonchev–Trinajstić information content (AvgIpc) is 2.50. The molecule has 8 nitrogen and oxygen atoms in total. The summed E-state index contributed by atoms with van der Waals surface area (Å²) in [5.74, 6) is 0. The zero-order chi connectivity index (χ0) is 16.7. The first-order chi connectivity index (χ1) is 10.9. The van der Waals surface area contributed by atoms with Gasteiger partial charge in [-0.05, 0) is 33.4 Å². The average molecular weight is 318 g/mol. The van der Waals surface area contributed by atoms with Crippen LogP contribution in [0.1, 0.15) is 36.4 Å². The normalized spacial score (nSPS) is 19.1. The van der Waals surface area contributed by atoms with Crippen LogP contribution in [0, 0.1) is 17.0 Å². The van der Waals surface area contributed by atoms with E-state index in [9.17, 15) is 19.7 Å². The second-order valence-corrected chi connectivity index (χ2v) is 6.01. The number of piperidine rings is 1. The maximum absolute atomic E-state index is 11.7. The molecule has 1 saturated heterocycles. The number of hydrogen-bond donors (Lipinski definition) is 2. The summed E-state index contributed by atoms with van der Waals surface area (Å²) in [6.07, 6.45) is 2.95. The summed E-state index contributed by atoms with van der Waals surface area (Å²) in [5.41, 5.74) is 0.435. The lowest BCUT2D eigenvalue weighted by Crippen LogP contribution is -2.33. The quantitative estimate of drug-likeness (QED) is 0.496. The number of hydrogen-bond acceptors (Lipinski definition) is 5. The minimum absolute atomic E-state index is 0.0206. The molecule has 1 unspecified atom stereocenters. The molecule has 2 aromatic rings. The second-order valence-electron chi connectivity index (χ2n) is 6.01. The van der Waals surface area contributed by atoms with Gasteiger partial charge in [0.2, 0.25) is 0 Å². The van der Waals surface area contributed by atoms with Crippen LogP contribution in [0.2, 0.25) is 0 Å². The Bertz CT molecular complexity index is 899. The zero-order valence-electron chi connectivity index (χ0n) is 13.0. The fourth-order valence-electron chi connectivity index (χ4n) is 3.42. The number of nitrogens with one attached hydrogen (secondary N) is 2. The lowest BCUT2D eigenvalue weighted by Gasteiger charge is -2.34. The van der Waals surface area contributed by atoms with Crippen molar-refractivity contribution in [2.24, 2.45) is 0 Å². The van der Waals surface area contributed by atoms with Gasteiger partial charge in [-0.1, -0.05) is 6.42 Å². The van der Waals surface area contributed by atoms with Crippen molar-refractivity contribution in [3.05, 3.63) is 48.0 Å². The van der Waals surface area contributed by atoms with Crippen molar-refractivity contribution in [2.75, 3.05) is 13.6 Å². The maximum Gasteiger partial charge on any atom is 0.314 e. The number of nitrogens with zero attached hydrogens (tertiary/aromatic N) is 2. The Labute approximate surface area is 131 Å². The Kier molecular flexibility index (Phi) is 3.77. The van der Waals surface area contributed by atoms with Gasteiger partial charge < -0.3 is 9.97 Å². The van der Waals surface area contributed by atoms with E-state index in [0.29, 0.717) is 16.6 Å². The Balaban J connectivity index is 2.38. The van der Waals surface area contributed by atoms with E-state index in [-0.39, 0.29) is 11.7 Å². The summed E-state index contributed by atoms with van der Waals surface area (Å²) in [7, 11) is 1.97. The molecule has 8 heteroatoms. The molecule has 1 atom stereocenters. The van der Waals surface area contributed by atoms with Crippen LogP contribution in [0.5, 0.6) is 0 Å². The van der Waals surface area contributed by atoms with Crippen LogP contribution in [0.4, 0.5) is 5.69 Å². The molecule has 2 N–H and O–H groups in total. The van der Waals surface area contributed by atoms with Crippen molar-refractivity contribution in [1.29, 1.82) is 0 Å². The van der Waals surface area contributed by atoms with Gasteiger partial charge >= 0.3 is 11.1 Å². The summed E-state index contributed by atoms with van der Waals surface area (Å²) in [4.78, 5) is 41.4. The summed E-state index contributed by atoms with van der Waals surface area (Å²) >= 11 is 0. The molecule has 0 amide bonds. The highest BCUT2D eigenvalue weighted by Gasteiger charge is 2.29. The summed E-state index contributed by atoms with van der Waals surface area (Å²) in [6.45, 7) is 2.58. The number of nitro benzene ring substituents is 1. The predicted octanol–water partition coefficient (Wildman–Crippen LogP) is 1.59. The molecule has 122 valence electrons. The van der Waals surface area contributed by atoms with Crippen molar-refractivity contribution in [1.82, 2.24) is 14.9 Å². The van der Waals surface area contributed by atoms with Crippen molar-refractivity contribution in [2.45, 2.75) is 32.2 Å². The van der Waals surface area contributed by atoms with Crippen LogP contribution in [-0.4, -0.2) is 33.4 Å². The molecule has 1 fully saturated rings. The number of fused-ring (bicyclic) bond motifs is 1. The number of nitro groups is 1. The molecule has 0 bridgehead atoms. The van der Waals surface area contributed by atoms with Gasteiger partial charge in [-0.3, -0.25) is 24.6 Å². The van der Waals surface area contributed by atoms with Crippen molar-refractivity contribution >= 4 is 16.7 Å². The smallest absolute Gasteiger partial charge is 0.314 e. The van der Waals surface area contributed by atoms with Crippen LogP contribution in [0.3, 0.4) is 0 Å². The molecular weight excluding hydrogens is 300 g/mol. The highest BCUT2D eigenvalue weighted by Crippen LogP contribution is 2.38. The summed E-state index contributed by atoms with van der Waals surface area (Å²) < 4.78 is 0.